The van der Waals surface area contributed by atoms with Crippen LogP contribution in [0.25, 0.3) is 0 Å². The van der Waals surface area contributed by atoms with Crippen molar-refractivity contribution >= 4 is 5.91 Å². The Hall–Kier alpha value is -1.35. The summed E-state index contributed by atoms with van der Waals surface area (Å²) in [6, 6.07) is 8.23. The van der Waals surface area contributed by atoms with E-state index in [4.69, 9.17) is 0 Å². The van der Waals surface area contributed by atoms with E-state index >= 15 is 0 Å². The highest BCUT2D eigenvalue weighted by molar-refractivity contribution is 5.70. The standard InChI is InChI=1S/C9H10O.C2H5NO/c10-9-5-7-3-1-2-4-8(7)6-9;1-2(3)4/h1-4,9-10H,5-6H2;1H3,(H2,3,4). The fourth-order valence-electron chi connectivity index (χ4n) is 1.54. The van der Waals surface area contributed by atoms with Crippen LogP contribution in [0.1, 0.15) is 18.1 Å². The van der Waals surface area contributed by atoms with Gasteiger partial charge in [0.05, 0.1) is 6.10 Å². The lowest BCUT2D eigenvalue weighted by molar-refractivity contribution is -0.115. The van der Waals surface area contributed by atoms with Crippen molar-refractivity contribution in [3.05, 3.63) is 35.4 Å². The second-order valence-corrected chi connectivity index (χ2v) is 3.44. The van der Waals surface area contributed by atoms with Crippen LogP contribution in [0.4, 0.5) is 0 Å². The molecule has 0 saturated carbocycles. The Morgan fingerprint density at radius 3 is 2.07 bits per heavy atom. The number of rotatable bonds is 0. The maximum Gasteiger partial charge on any atom is 0.214 e. The molecule has 14 heavy (non-hydrogen) atoms. The molecule has 0 unspecified atom stereocenters. The number of fused-ring (bicyclic) bond motifs is 1. The molecule has 0 fully saturated rings. The van der Waals surface area contributed by atoms with E-state index in [1.54, 1.807) is 0 Å². The minimum absolute atomic E-state index is 0.127. The number of amides is 1. The monoisotopic (exact) mass is 193 g/mol. The molecule has 76 valence electrons. The molecule has 1 aliphatic rings. The molecule has 0 heterocycles. The average Bonchev–Trinajstić information content (AvgIpc) is 2.42. The van der Waals surface area contributed by atoms with Gasteiger partial charge in [0.2, 0.25) is 5.91 Å². The third-order valence-corrected chi connectivity index (χ3v) is 2.03. The number of benzene rings is 1. The van der Waals surface area contributed by atoms with Gasteiger partial charge in [-0.1, -0.05) is 24.3 Å². The van der Waals surface area contributed by atoms with Gasteiger partial charge >= 0.3 is 0 Å². The summed E-state index contributed by atoms with van der Waals surface area (Å²) in [5.41, 5.74) is 7.10. The van der Waals surface area contributed by atoms with Gasteiger partial charge in [0, 0.05) is 6.92 Å². The van der Waals surface area contributed by atoms with Crippen LogP contribution in [0.2, 0.25) is 0 Å². The van der Waals surface area contributed by atoms with Crippen LogP contribution < -0.4 is 5.73 Å². The number of hydrogen-bond acceptors (Lipinski definition) is 2. The maximum atomic E-state index is 9.25. The zero-order valence-electron chi connectivity index (χ0n) is 8.23. The van der Waals surface area contributed by atoms with Crippen molar-refractivity contribution < 1.29 is 9.90 Å². The van der Waals surface area contributed by atoms with Gasteiger partial charge in [-0.25, -0.2) is 0 Å². The first kappa shape index (κ1) is 10.7. The van der Waals surface area contributed by atoms with Gasteiger partial charge in [-0.05, 0) is 24.0 Å². The number of aliphatic hydroxyl groups excluding tert-OH is 1. The van der Waals surface area contributed by atoms with E-state index in [0.29, 0.717) is 0 Å². The Bertz CT molecular complexity index is 294. The largest absolute Gasteiger partial charge is 0.392 e. The van der Waals surface area contributed by atoms with Gasteiger partial charge in [-0.2, -0.15) is 0 Å². The van der Waals surface area contributed by atoms with Crippen molar-refractivity contribution in [1.29, 1.82) is 0 Å². The maximum absolute atomic E-state index is 9.25. The first-order valence-corrected chi connectivity index (χ1v) is 4.60. The third-order valence-electron chi connectivity index (χ3n) is 2.03. The molecular weight excluding hydrogens is 178 g/mol. The molecule has 2 rings (SSSR count). The molecule has 0 saturated heterocycles. The predicted octanol–water partition coefficient (Wildman–Crippen LogP) is 0.638. The first-order chi connectivity index (χ1) is 6.59. The summed E-state index contributed by atoms with van der Waals surface area (Å²) in [5.74, 6) is -0.333. The van der Waals surface area contributed by atoms with Gasteiger partial charge < -0.3 is 10.8 Å². The van der Waals surface area contributed by atoms with Crippen LogP contribution in [-0.4, -0.2) is 17.1 Å². The summed E-state index contributed by atoms with van der Waals surface area (Å²) in [6.45, 7) is 1.31. The van der Waals surface area contributed by atoms with Gasteiger partial charge in [0.1, 0.15) is 0 Å². The van der Waals surface area contributed by atoms with E-state index in [9.17, 15) is 9.90 Å². The quantitative estimate of drug-likeness (QED) is 0.635. The van der Waals surface area contributed by atoms with E-state index in [1.807, 2.05) is 12.1 Å². The molecule has 3 heteroatoms. The SMILES string of the molecule is CC(N)=O.OC1Cc2ccccc2C1. The van der Waals surface area contributed by atoms with Crippen LogP contribution in [0.15, 0.2) is 24.3 Å². The van der Waals surface area contributed by atoms with Crippen LogP contribution >= 0.6 is 0 Å². The number of primary amides is 1. The smallest absolute Gasteiger partial charge is 0.214 e. The van der Waals surface area contributed by atoms with Crippen LogP contribution in [0.3, 0.4) is 0 Å². The molecule has 1 aliphatic carbocycles. The average molecular weight is 193 g/mol. The summed E-state index contributed by atoms with van der Waals surface area (Å²) in [5, 5.41) is 9.25. The highest BCUT2D eigenvalue weighted by Gasteiger charge is 2.17. The Morgan fingerprint density at radius 2 is 1.71 bits per heavy atom. The number of carbonyl (C=O) groups excluding carboxylic acids is 1. The lowest BCUT2D eigenvalue weighted by atomic mass is 10.1. The van der Waals surface area contributed by atoms with Gasteiger partial charge in [0.15, 0.2) is 0 Å². The fraction of sp³-hybridized carbons (Fsp3) is 0.364. The van der Waals surface area contributed by atoms with Crippen molar-refractivity contribution in [3.8, 4) is 0 Å². The second kappa shape index (κ2) is 4.77. The van der Waals surface area contributed by atoms with E-state index in [1.165, 1.54) is 18.1 Å². The van der Waals surface area contributed by atoms with E-state index in [0.717, 1.165) is 12.8 Å². The summed E-state index contributed by atoms with van der Waals surface area (Å²) in [4.78, 5) is 9.22. The zero-order valence-corrected chi connectivity index (χ0v) is 8.23. The molecule has 3 nitrogen and oxygen atoms in total. The molecule has 3 N–H and O–H groups in total. The molecule has 1 aromatic carbocycles. The topological polar surface area (TPSA) is 63.3 Å². The lowest BCUT2D eigenvalue weighted by Gasteiger charge is -1.93. The van der Waals surface area contributed by atoms with Crippen LogP contribution in [-0.2, 0) is 17.6 Å². The molecule has 0 radical (unpaired) electrons. The summed E-state index contributed by atoms with van der Waals surface area (Å²) >= 11 is 0. The highest BCUT2D eigenvalue weighted by Crippen LogP contribution is 2.20. The Kier molecular flexibility index (Phi) is 3.65. The summed E-state index contributed by atoms with van der Waals surface area (Å²) in [7, 11) is 0. The zero-order chi connectivity index (χ0) is 10.6. The summed E-state index contributed by atoms with van der Waals surface area (Å²) in [6.07, 6.45) is 1.56. The minimum atomic E-state index is -0.333. The molecule has 0 bridgehead atoms. The molecule has 0 aliphatic heterocycles. The van der Waals surface area contributed by atoms with Crippen LogP contribution in [0, 0.1) is 0 Å². The van der Waals surface area contributed by atoms with Crippen molar-refractivity contribution in [3.63, 3.8) is 0 Å². The van der Waals surface area contributed by atoms with Gasteiger partial charge in [-0.15, -0.1) is 0 Å². The number of hydrogen-bond donors (Lipinski definition) is 2. The third kappa shape index (κ3) is 3.18. The predicted molar refractivity (Wildman–Crippen MR) is 54.7 cm³/mol. The Morgan fingerprint density at radius 1 is 1.36 bits per heavy atom. The lowest BCUT2D eigenvalue weighted by Crippen LogP contribution is -2.03. The van der Waals surface area contributed by atoms with E-state index < -0.39 is 0 Å². The number of nitrogens with two attached hydrogens (primary N) is 1. The molecule has 1 amide bonds. The van der Waals surface area contributed by atoms with Crippen LogP contribution in [0.5, 0.6) is 0 Å². The molecule has 0 aromatic heterocycles. The molecular formula is C11H15NO2. The molecule has 0 spiro atoms. The first-order valence-electron chi connectivity index (χ1n) is 4.60. The summed E-state index contributed by atoms with van der Waals surface area (Å²) < 4.78 is 0. The molecule has 1 aromatic rings. The minimum Gasteiger partial charge on any atom is -0.392 e. The molecule has 0 atom stereocenters. The number of aliphatic hydroxyl groups is 1. The normalized spacial score (nSPS) is 14.1. The highest BCUT2D eigenvalue weighted by atomic mass is 16.3. The fourth-order valence-corrected chi connectivity index (χ4v) is 1.54. The van der Waals surface area contributed by atoms with Crippen molar-refractivity contribution in [2.75, 3.05) is 0 Å². The van der Waals surface area contributed by atoms with Crippen molar-refractivity contribution in [2.24, 2.45) is 5.73 Å². The van der Waals surface area contributed by atoms with E-state index in [2.05, 4.69) is 17.9 Å². The Balaban J connectivity index is 0.000000213. The number of carbonyl (C=O) groups is 1. The van der Waals surface area contributed by atoms with Gasteiger partial charge in [-0.3, -0.25) is 4.79 Å². The van der Waals surface area contributed by atoms with Crippen molar-refractivity contribution in [2.45, 2.75) is 25.9 Å². The van der Waals surface area contributed by atoms with E-state index in [-0.39, 0.29) is 12.0 Å². The second-order valence-electron chi connectivity index (χ2n) is 3.44. The Labute approximate surface area is 83.6 Å². The van der Waals surface area contributed by atoms with Crippen molar-refractivity contribution in [1.82, 2.24) is 0 Å². The van der Waals surface area contributed by atoms with Gasteiger partial charge in [0.25, 0.3) is 0 Å².